The number of fused-ring (bicyclic) bond motifs is 1. The van der Waals surface area contributed by atoms with Gasteiger partial charge in [0, 0.05) is 22.7 Å². The van der Waals surface area contributed by atoms with Gasteiger partial charge in [0.05, 0.1) is 6.04 Å². The Morgan fingerprint density at radius 2 is 1.68 bits per heavy atom. The van der Waals surface area contributed by atoms with E-state index in [2.05, 4.69) is 23.7 Å². The summed E-state index contributed by atoms with van der Waals surface area (Å²) in [6, 6.07) is 18.1. The number of benzene rings is 2. The number of H-pyrrole nitrogens is 1. The van der Waals surface area contributed by atoms with Crippen molar-refractivity contribution >= 4 is 16.5 Å². The second-order valence-corrected chi connectivity index (χ2v) is 4.66. The zero-order valence-electron chi connectivity index (χ0n) is 10.6. The maximum Gasteiger partial charge on any atom is 0.0552 e. The van der Waals surface area contributed by atoms with Crippen molar-refractivity contribution in [2.75, 3.05) is 0 Å². The Bertz CT molecular complexity index is 710. The number of nitrogens with one attached hydrogen (secondary N) is 1. The lowest BCUT2D eigenvalue weighted by molar-refractivity contribution is 0.936. The topological polar surface area (TPSA) is 41.8 Å². The Kier molecular flexibility index (Phi) is 2.94. The van der Waals surface area contributed by atoms with E-state index in [-0.39, 0.29) is 6.04 Å². The van der Waals surface area contributed by atoms with Crippen molar-refractivity contribution in [2.24, 2.45) is 5.73 Å². The first-order chi connectivity index (χ1) is 9.27. The molecular weight excluding hydrogens is 232 g/mol. The van der Waals surface area contributed by atoms with E-state index >= 15 is 0 Å². The van der Waals surface area contributed by atoms with Crippen molar-refractivity contribution in [3.8, 4) is 0 Å². The maximum atomic E-state index is 6.31. The second kappa shape index (κ2) is 4.75. The fourth-order valence-corrected chi connectivity index (χ4v) is 2.37. The molecule has 0 spiro atoms. The van der Waals surface area contributed by atoms with Gasteiger partial charge in [0.15, 0.2) is 0 Å². The average molecular weight is 248 g/mol. The smallest absolute Gasteiger partial charge is 0.0552 e. The molecule has 0 aliphatic carbocycles. The van der Waals surface area contributed by atoms with Crippen LogP contribution in [0.15, 0.2) is 67.4 Å². The number of nitrogens with two attached hydrogens (primary N) is 1. The molecule has 0 amide bonds. The Balaban J connectivity index is 2.00. The SMILES string of the molecule is C=C(c1c[nH]c2ccccc12)C(N)c1ccccc1. The molecule has 0 aliphatic rings. The van der Waals surface area contributed by atoms with Gasteiger partial charge in [-0.05, 0) is 17.2 Å². The van der Waals surface area contributed by atoms with Gasteiger partial charge in [0.2, 0.25) is 0 Å². The summed E-state index contributed by atoms with van der Waals surface area (Å²) in [6.07, 6.45) is 1.98. The van der Waals surface area contributed by atoms with E-state index in [1.807, 2.05) is 48.7 Å². The van der Waals surface area contributed by atoms with Crippen LogP contribution in [0.5, 0.6) is 0 Å². The maximum absolute atomic E-state index is 6.31. The van der Waals surface area contributed by atoms with Crippen molar-refractivity contribution in [3.63, 3.8) is 0 Å². The van der Waals surface area contributed by atoms with Crippen LogP contribution in [-0.4, -0.2) is 4.98 Å². The molecule has 2 heteroatoms. The molecule has 94 valence electrons. The standard InChI is InChI=1S/C17H16N2/c1-12(17(18)13-7-3-2-4-8-13)15-11-19-16-10-6-5-9-14(15)16/h2-11,17,19H,1,18H2. The zero-order valence-corrected chi connectivity index (χ0v) is 10.6. The lowest BCUT2D eigenvalue weighted by Crippen LogP contribution is -2.11. The molecule has 2 nitrogen and oxygen atoms in total. The molecule has 1 atom stereocenters. The Labute approximate surface area is 112 Å². The molecule has 3 rings (SSSR count). The van der Waals surface area contributed by atoms with Gasteiger partial charge in [0.1, 0.15) is 0 Å². The van der Waals surface area contributed by atoms with Crippen molar-refractivity contribution in [3.05, 3.63) is 78.5 Å². The van der Waals surface area contributed by atoms with Crippen LogP contribution in [0.3, 0.4) is 0 Å². The van der Waals surface area contributed by atoms with Gasteiger partial charge in [-0.15, -0.1) is 0 Å². The van der Waals surface area contributed by atoms with Gasteiger partial charge in [-0.2, -0.15) is 0 Å². The highest BCUT2D eigenvalue weighted by atomic mass is 14.7. The number of rotatable bonds is 3. The molecule has 1 heterocycles. The highest BCUT2D eigenvalue weighted by Crippen LogP contribution is 2.31. The number of aromatic amines is 1. The van der Waals surface area contributed by atoms with Crippen molar-refractivity contribution in [1.82, 2.24) is 4.98 Å². The predicted octanol–water partition coefficient (Wildman–Crippen LogP) is 3.88. The molecular formula is C17H16N2. The van der Waals surface area contributed by atoms with Gasteiger partial charge in [0.25, 0.3) is 0 Å². The summed E-state index contributed by atoms with van der Waals surface area (Å²) in [4.78, 5) is 3.26. The number of aromatic nitrogens is 1. The van der Waals surface area contributed by atoms with Crippen molar-refractivity contribution in [1.29, 1.82) is 0 Å². The fraction of sp³-hybridized carbons (Fsp3) is 0.0588. The molecule has 0 radical (unpaired) electrons. The number of hydrogen-bond donors (Lipinski definition) is 2. The van der Waals surface area contributed by atoms with Crippen molar-refractivity contribution in [2.45, 2.75) is 6.04 Å². The Morgan fingerprint density at radius 1 is 1.00 bits per heavy atom. The van der Waals surface area contributed by atoms with E-state index in [9.17, 15) is 0 Å². The van der Waals surface area contributed by atoms with E-state index in [4.69, 9.17) is 5.73 Å². The second-order valence-electron chi connectivity index (χ2n) is 4.66. The van der Waals surface area contributed by atoms with Crippen LogP contribution in [0, 0.1) is 0 Å². The Morgan fingerprint density at radius 3 is 2.47 bits per heavy atom. The van der Waals surface area contributed by atoms with Crippen molar-refractivity contribution < 1.29 is 0 Å². The number of hydrogen-bond acceptors (Lipinski definition) is 1. The first-order valence-electron chi connectivity index (χ1n) is 6.33. The van der Waals surface area contributed by atoms with Crippen LogP contribution in [0.2, 0.25) is 0 Å². The minimum atomic E-state index is -0.180. The molecule has 2 aromatic carbocycles. The first-order valence-corrected chi connectivity index (χ1v) is 6.33. The summed E-state index contributed by atoms with van der Waals surface area (Å²) in [5.74, 6) is 0. The molecule has 0 bridgehead atoms. The largest absolute Gasteiger partial charge is 0.361 e. The first kappa shape index (κ1) is 11.8. The summed E-state index contributed by atoms with van der Waals surface area (Å²) in [5.41, 5.74) is 10.5. The molecule has 1 aromatic heterocycles. The molecule has 1 unspecified atom stereocenters. The van der Waals surface area contributed by atoms with Gasteiger partial charge in [-0.25, -0.2) is 0 Å². The van der Waals surface area contributed by atoms with E-state index in [1.54, 1.807) is 0 Å². The Hall–Kier alpha value is -2.32. The summed E-state index contributed by atoms with van der Waals surface area (Å²) in [6.45, 7) is 4.18. The number of para-hydroxylation sites is 1. The van der Waals surface area contributed by atoms with Crippen LogP contribution < -0.4 is 5.73 Å². The third-order valence-electron chi connectivity index (χ3n) is 3.47. The lowest BCUT2D eigenvalue weighted by atomic mass is 9.95. The van der Waals surface area contributed by atoms with Crippen LogP contribution in [0.4, 0.5) is 0 Å². The predicted molar refractivity (Wildman–Crippen MR) is 80.7 cm³/mol. The molecule has 0 aliphatic heterocycles. The van der Waals surface area contributed by atoms with Crippen LogP contribution in [0.25, 0.3) is 16.5 Å². The van der Waals surface area contributed by atoms with Gasteiger partial charge in [-0.1, -0.05) is 55.1 Å². The normalized spacial score (nSPS) is 12.5. The van der Waals surface area contributed by atoms with Crippen LogP contribution >= 0.6 is 0 Å². The molecule has 3 aromatic rings. The van der Waals surface area contributed by atoms with E-state index < -0.39 is 0 Å². The highest BCUT2D eigenvalue weighted by molar-refractivity contribution is 5.93. The average Bonchev–Trinajstić information content (AvgIpc) is 2.90. The quantitative estimate of drug-likeness (QED) is 0.725. The fourth-order valence-electron chi connectivity index (χ4n) is 2.37. The van der Waals surface area contributed by atoms with E-state index in [0.29, 0.717) is 0 Å². The van der Waals surface area contributed by atoms with E-state index in [1.165, 1.54) is 5.39 Å². The third kappa shape index (κ3) is 2.07. The summed E-state index contributed by atoms with van der Waals surface area (Å²) >= 11 is 0. The van der Waals surface area contributed by atoms with Crippen LogP contribution in [-0.2, 0) is 0 Å². The van der Waals surface area contributed by atoms with Crippen LogP contribution in [0.1, 0.15) is 17.2 Å². The van der Waals surface area contributed by atoms with Gasteiger partial charge in [-0.3, -0.25) is 0 Å². The minimum Gasteiger partial charge on any atom is -0.361 e. The van der Waals surface area contributed by atoms with Gasteiger partial charge < -0.3 is 10.7 Å². The minimum absolute atomic E-state index is 0.180. The molecule has 3 N–H and O–H groups in total. The third-order valence-corrected chi connectivity index (χ3v) is 3.47. The zero-order chi connectivity index (χ0) is 13.2. The summed E-state index contributed by atoms with van der Waals surface area (Å²) in [7, 11) is 0. The molecule has 0 fully saturated rings. The summed E-state index contributed by atoms with van der Waals surface area (Å²) < 4.78 is 0. The summed E-state index contributed by atoms with van der Waals surface area (Å²) in [5, 5.41) is 1.17. The highest BCUT2D eigenvalue weighted by Gasteiger charge is 2.14. The lowest BCUT2D eigenvalue weighted by Gasteiger charge is -2.14. The van der Waals surface area contributed by atoms with E-state index in [0.717, 1.165) is 22.2 Å². The molecule has 0 saturated carbocycles. The monoisotopic (exact) mass is 248 g/mol. The molecule has 19 heavy (non-hydrogen) atoms. The molecule has 0 saturated heterocycles. The van der Waals surface area contributed by atoms with Gasteiger partial charge >= 0.3 is 0 Å².